The first-order valence-electron chi connectivity index (χ1n) is 8.76. The molecule has 30 heavy (non-hydrogen) atoms. The topological polar surface area (TPSA) is 93.3 Å². The highest BCUT2D eigenvalue weighted by Gasteiger charge is 2.37. The number of carboxylic acids is 1. The van der Waals surface area contributed by atoms with Gasteiger partial charge in [-0.15, -0.1) is 16.5 Å². The maximum absolute atomic E-state index is 14.4. The molecular weight excluding hydrogens is 434 g/mol. The van der Waals surface area contributed by atoms with Gasteiger partial charge in [-0.25, -0.2) is 13.6 Å². The largest absolute Gasteiger partial charge is 0.617 e. The summed E-state index contributed by atoms with van der Waals surface area (Å²) in [4.78, 5) is 24.6. The number of carbonyl (C=O) groups excluding carboxylic acids is 1. The first-order valence-corrected chi connectivity index (χ1v) is 10.6. The van der Waals surface area contributed by atoms with Crippen LogP contribution in [-0.2, 0) is 4.79 Å². The van der Waals surface area contributed by atoms with Crippen LogP contribution < -0.4 is 10.0 Å². The van der Waals surface area contributed by atoms with Crippen LogP contribution in [0.25, 0.3) is 10.2 Å². The molecule has 1 amide bonds. The fourth-order valence-electron chi connectivity index (χ4n) is 3.27. The van der Waals surface area contributed by atoms with Crippen molar-refractivity contribution in [2.75, 3.05) is 5.75 Å². The van der Waals surface area contributed by atoms with Gasteiger partial charge in [0, 0.05) is 17.7 Å². The number of thioether (sulfide) groups is 1. The van der Waals surface area contributed by atoms with E-state index in [1.165, 1.54) is 19.1 Å². The molecule has 0 radical (unpaired) electrons. The van der Waals surface area contributed by atoms with Crippen molar-refractivity contribution in [2.45, 2.75) is 12.8 Å². The fraction of sp³-hybridized carbons (Fsp3) is 0.150. The molecule has 1 aromatic heterocycles. The zero-order valence-electron chi connectivity index (χ0n) is 15.4. The number of aromatic nitrogens is 1. The van der Waals surface area contributed by atoms with Gasteiger partial charge in [-0.05, 0) is 24.1 Å². The third kappa shape index (κ3) is 3.31. The Kier molecular flexibility index (Phi) is 5.20. The molecular formula is C20H14F2N2O4S2. The Balaban J connectivity index is 1.70. The number of thiazole rings is 1. The van der Waals surface area contributed by atoms with E-state index >= 15 is 0 Å². The van der Waals surface area contributed by atoms with Crippen molar-refractivity contribution in [3.05, 3.63) is 80.0 Å². The number of halogens is 2. The average molecular weight is 448 g/mol. The second kappa shape index (κ2) is 7.69. The quantitative estimate of drug-likeness (QED) is 0.469. The number of benzene rings is 2. The Morgan fingerprint density at radius 3 is 2.63 bits per heavy atom. The maximum Gasteiger partial charge on any atom is 0.340 e. The third-order valence-electron chi connectivity index (χ3n) is 4.79. The molecule has 6 nitrogen and oxygen atoms in total. The number of nitrogens with one attached hydrogen (secondary N) is 1. The van der Waals surface area contributed by atoms with Crippen molar-refractivity contribution in [3.63, 3.8) is 0 Å². The van der Waals surface area contributed by atoms with Crippen LogP contribution in [0.1, 0.15) is 26.8 Å². The molecule has 0 bridgehead atoms. The van der Waals surface area contributed by atoms with Crippen molar-refractivity contribution in [1.82, 2.24) is 5.32 Å². The Hall–Kier alpha value is -2.98. The van der Waals surface area contributed by atoms with E-state index in [-0.39, 0.29) is 32.5 Å². The molecule has 0 saturated carbocycles. The number of nitrogens with zero attached hydrogens (tertiary/aromatic N) is 1. The molecule has 0 saturated heterocycles. The summed E-state index contributed by atoms with van der Waals surface area (Å²) in [5.74, 6) is -5.08. The van der Waals surface area contributed by atoms with Crippen LogP contribution in [0.5, 0.6) is 0 Å². The van der Waals surface area contributed by atoms with Gasteiger partial charge >= 0.3 is 16.9 Å². The number of hydrogen-bond donors (Lipinski definition) is 2. The molecule has 0 spiro atoms. The number of aryl methyl sites for hydroxylation is 1. The summed E-state index contributed by atoms with van der Waals surface area (Å²) in [6.45, 7) is 1.41. The van der Waals surface area contributed by atoms with Gasteiger partial charge in [0.25, 0.3) is 0 Å². The monoisotopic (exact) mass is 448 g/mol. The van der Waals surface area contributed by atoms with Crippen molar-refractivity contribution in [1.29, 1.82) is 0 Å². The van der Waals surface area contributed by atoms with E-state index in [0.29, 0.717) is 14.9 Å². The molecule has 0 aliphatic carbocycles. The molecule has 10 heteroatoms. The van der Waals surface area contributed by atoms with Crippen LogP contribution in [0, 0.1) is 23.8 Å². The van der Waals surface area contributed by atoms with E-state index < -0.39 is 29.4 Å². The van der Waals surface area contributed by atoms with Gasteiger partial charge in [-0.2, -0.15) is 0 Å². The molecule has 1 unspecified atom stereocenters. The maximum atomic E-state index is 14.4. The third-order valence-corrected chi connectivity index (χ3v) is 7.02. The molecule has 1 aliphatic rings. The summed E-state index contributed by atoms with van der Waals surface area (Å²) in [6, 6.07) is 9.41. The minimum Gasteiger partial charge on any atom is -0.617 e. The lowest BCUT2D eigenvalue weighted by Crippen LogP contribution is -2.36. The van der Waals surface area contributed by atoms with E-state index in [1.807, 2.05) is 0 Å². The van der Waals surface area contributed by atoms with Gasteiger partial charge in [0.05, 0.1) is 10.6 Å². The highest BCUT2D eigenvalue weighted by molar-refractivity contribution is 8.03. The van der Waals surface area contributed by atoms with Crippen LogP contribution >= 0.6 is 23.1 Å². The number of aliphatic carboxylic acids is 1. The van der Waals surface area contributed by atoms with Crippen LogP contribution in [0.2, 0.25) is 0 Å². The highest BCUT2D eigenvalue weighted by Crippen LogP contribution is 2.42. The molecule has 2 aromatic carbocycles. The SMILES string of the molecule is Cc1ccc(C2CSC(NC(=O)c3sc4ccccc4[n+]3[O-])=C2C(=O)O)c(F)c1F. The summed E-state index contributed by atoms with van der Waals surface area (Å²) in [5, 5.41) is 24.4. The van der Waals surface area contributed by atoms with E-state index in [1.54, 1.807) is 24.3 Å². The number of amides is 1. The predicted molar refractivity (Wildman–Crippen MR) is 109 cm³/mol. The number of hydrogen-bond acceptors (Lipinski definition) is 5. The van der Waals surface area contributed by atoms with E-state index in [9.17, 15) is 28.7 Å². The normalized spacial score (nSPS) is 16.3. The average Bonchev–Trinajstić information content (AvgIpc) is 3.28. The second-order valence-corrected chi connectivity index (χ2v) is 8.70. The number of carboxylic acid groups (broad SMARTS) is 1. The van der Waals surface area contributed by atoms with Crippen LogP contribution in [-0.4, -0.2) is 22.7 Å². The van der Waals surface area contributed by atoms with Crippen LogP contribution in [0.3, 0.4) is 0 Å². The Morgan fingerprint density at radius 1 is 1.20 bits per heavy atom. The molecule has 1 aliphatic heterocycles. The molecule has 1 atom stereocenters. The summed E-state index contributed by atoms with van der Waals surface area (Å²) in [6.07, 6.45) is 0. The van der Waals surface area contributed by atoms with Gasteiger partial charge in [0.15, 0.2) is 11.6 Å². The summed E-state index contributed by atoms with van der Waals surface area (Å²) in [7, 11) is 0. The molecule has 2 N–H and O–H groups in total. The molecule has 4 rings (SSSR count). The summed E-state index contributed by atoms with van der Waals surface area (Å²) < 4.78 is 29.5. The first-order chi connectivity index (χ1) is 14.3. The Labute approximate surface area is 177 Å². The zero-order valence-corrected chi connectivity index (χ0v) is 17.1. The minimum atomic E-state index is -1.35. The highest BCUT2D eigenvalue weighted by atomic mass is 32.2. The van der Waals surface area contributed by atoms with Gasteiger partial charge < -0.3 is 15.6 Å². The number of para-hydroxylation sites is 1. The fourth-order valence-corrected chi connectivity index (χ4v) is 5.44. The molecule has 154 valence electrons. The predicted octanol–water partition coefficient (Wildman–Crippen LogP) is 3.68. The zero-order chi connectivity index (χ0) is 21.6. The standard InChI is InChI=1S/C20H14F2N2O4S2/c1-9-6-7-10(16(22)15(9)21)11-8-29-18(14(11)20(26)27)23-17(25)19-24(28)12-4-2-3-5-13(12)30-19/h2-7,11H,8H2,1H3,(H,23,25)(H,26,27). The lowest BCUT2D eigenvalue weighted by molar-refractivity contribution is -0.574. The minimum absolute atomic E-state index is 0.00957. The van der Waals surface area contributed by atoms with Gasteiger partial charge in [0.1, 0.15) is 4.70 Å². The summed E-state index contributed by atoms with van der Waals surface area (Å²) in [5.41, 5.74) is 0.109. The lowest BCUT2D eigenvalue weighted by Gasteiger charge is -2.14. The Morgan fingerprint density at radius 2 is 1.93 bits per heavy atom. The van der Waals surface area contributed by atoms with Crippen molar-refractivity contribution >= 4 is 45.2 Å². The van der Waals surface area contributed by atoms with Crippen LogP contribution in [0.15, 0.2) is 47.0 Å². The summed E-state index contributed by atoms with van der Waals surface area (Å²) >= 11 is 1.99. The first kappa shape index (κ1) is 20.3. The second-order valence-electron chi connectivity index (χ2n) is 6.63. The van der Waals surface area contributed by atoms with Crippen molar-refractivity contribution < 1.29 is 28.2 Å². The van der Waals surface area contributed by atoms with Gasteiger partial charge in [-0.3, -0.25) is 4.79 Å². The van der Waals surface area contributed by atoms with E-state index in [2.05, 4.69) is 5.32 Å². The smallest absolute Gasteiger partial charge is 0.340 e. The molecule has 2 heterocycles. The van der Waals surface area contributed by atoms with Gasteiger partial charge in [0.2, 0.25) is 5.52 Å². The number of rotatable bonds is 4. The van der Waals surface area contributed by atoms with E-state index in [0.717, 1.165) is 23.1 Å². The number of carbonyl (C=O) groups is 2. The van der Waals surface area contributed by atoms with E-state index in [4.69, 9.17) is 0 Å². The number of fused-ring (bicyclic) bond motifs is 1. The Bertz CT molecular complexity index is 1240. The van der Waals surface area contributed by atoms with Crippen molar-refractivity contribution in [2.24, 2.45) is 0 Å². The van der Waals surface area contributed by atoms with Crippen LogP contribution in [0.4, 0.5) is 8.78 Å². The van der Waals surface area contributed by atoms with Crippen molar-refractivity contribution in [3.8, 4) is 0 Å². The molecule has 0 fully saturated rings. The lowest BCUT2D eigenvalue weighted by atomic mass is 9.92. The van der Waals surface area contributed by atoms with Gasteiger partial charge in [-0.1, -0.05) is 35.6 Å². The molecule has 3 aromatic rings.